The molecule has 4 heteroatoms. The standard InChI is InChI=1S/C118H82N4/c1-117(2)109-50-26-24-48-101(109)108-77-98(61-67-110(108)117)120(94-43-20-8-21-44-94)97-47-29-36-84(70-97)87-56-64-106-107-65-57-88(76-115(107)121(114(106)75-87)95-45-22-9-23-46-95)85-54-62-102-103-66-60-99(78-112(103)118(111(102)73-85,91-37-14-5-15-38-91)92-39-16-6-17-40-92)119(93-41-18-7-19-42-93)96-58-52-81(53-59-96)82-34-28-35-83(68-82)86-55-63-105-104-49-25-27-51-113(104)122(116(105)74-86)100-71-89(79-30-10-3-11-31-79)69-90(72-100)80-32-12-4-13-33-80/h3-78H,1-2H3. The summed E-state index contributed by atoms with van der Waals surface area (Å²) in [6.45, 7) is 4.70. The summed E-state index contributed by atoms with van der Waals surface area (Å²) in [5.41, 5.74) is 39.2. The molecule has 2 heterocycles. The van der Waals surface area contributed by atoms with E-state index in [0.29, 0.717) is 0 Å². The Kier molecular flexibility index (Phi) is 17.1. The van der Waals surface area contributed by atoms with Crippen LogP contribution in [0.1, 0.15) is 47.2 Å². The van der Waals surface area contributed by atoms with Gasteiger partial charge in [0.25, 0.3) is 0 Å². The molecule has 0 aliphatic heterocycles. The van der Waals surface area contributed by atoms with Crippen molar-refractivity contribution in [2.75, 3.05) is 9.80 Å². The SMILES string of the molecule is CC1(C)c2ccccc2-c2cc(N(c3ccccc3)c3cccc(-c4ccc5c6ccc(-c7ccc8c(c7)C(c7ccccc7)(c7ccccc7)c7cc(N(c9ccccc9)c9ccc(-c%10cccc(-c%11ccc%12c%13ccccc%13n(-c%13cc(-c%14ccccc%14)cc(-c%14ccccc%14)c%13)c%12c%11)c%10)cc9)ccc7-8)cc6n(-c6ccccc6)c5c4)c3)ccc21. The molecule has 122 heavy (non-hydrogen) atoms. The second-order valence-corrected chi connectivity index (χ2v) is 33.1. The molecule has 0 N–H and O–H groups in total. The fraction of sp³-hybridized carbons (Fsp3) is 0.0339. The third-order valence-electron chi connectivity index (χ3n) is 25.9. The van der Waals surface area contributed by atoms with Gasteiger partial charge in [-0.25, -0.2) is 0 Å². The van der Waals surface area contributed by atoms with Crippen LogP contribution in [0.25, 0.3) is 144 Å². The highest BCUT2D eigenvalue weighted by Crippen LogP contribution is 2.59. The zero-order chi connectivity index (χ0) is 81.0. The molecule has 2 aliphatic rings. The van der Waals surface area contributed by atoms with Crippen molar-refractivity contribution in [2.45, 2.75) is 24.7 Å². The van der Waals surface area contributed by atoms with E-state index in [-0.39, 0.29) is 5.41 Å². The number of hydrogen-bond acceptors (Lipinski definition) is 2. The van der Waals surface area contributed by atoms with Gasteiger partial charge in [-0.05, 0) is 262 Å². The lowest BCUT2D eigenvalue weighted by Gasteiger charge is -2.35. The maximum atomic E-state index is 2.51. The van der Waals surface area contributed by atoms with E-state index in [9.17, 15) is 0 Å². The number of hydrogen-bond donors (Lipinski definition) is 0. The summed E-state index contributed by atoms with van der Waals surface area (Å²) in [5, 5.41) is 4.85. The second-order valence-electron chi connectivity index (χ2n) is 33.1. The number of anilines is 6. The molecule has 0 bridgehead atoms. The first-order chi connectivity index (χ1) is 60.2. The first kappa shape index (κ1) is 71.7. The first-order valence-corrected chi connectivity index (χ1v) is 42.3. The number of aromatic nitrogens is 2. The molecule has 0 fully saturated rings. The van der Waals surface area contributed by atoms with Gasteiger partial charge >= 0.3 is 0 Å². The quantitative estimate of drug-likeness (QED) is 0.0959. The van der Waals surface area contributed by atoms with Gasteiger partial charge < -0.3 is 18.9 Å². The van der Waals surface area contributed by atoms with Gasteiger partial charge in [-0.15, -0.1) is 0 Å². The minimum atomic E-state index is -0.712. The predicted octanol–water partition coefficient (Wildman–Crippen LogP) is 31.5. The molecule has 0 unspecified atom stereocenters. The molecule has 4 nitrogen and oxygen atoms in total. The Morgan fingerprint density at radius 2 is 0.525 bits per heavy atom. The van der Waals surface area contributed by atoms with Crippen molar-refractivity contribution in [2.24, 2.45) is 0 Å². The molecule has 0 spiro atoms. The Morgan fingerprint density at radius 1 is 0.180 bits per heavy atom. The summed E-state index contributed by atoms with van der Waals surface area (Å²) in [6.07, 6.45) is 0. The van der Waals surface area contributed by atoms with Gasteiger partial charge in [0, 0.05) is 72.5 Å². The van der Waals surface area contributed by atoms with E-state index < -0.39 is 5.41 Å². The van der Waals surface area contributed by atoms with Crippen LogP contribution < -0.4 is 9.80 Å². The van der Waals surface area contributed by atoms with Crippen molar-refractivity contribution in [3.8, 4) is 100 Å². The highest BCUT2D eigenvalue weighted by atomic mass is 15.1. The Labute approximate surface area is 711 Å². The monoisotopic (exact) mass is 1550 g/mol. The number of fused-ring (bicyclic) bond motifs is 12. The number of benzene rings is 19. The van der Waals surface area contributed by atoms with Gasteiger partial charge in [0.2, 0.25) is 0 Å². The number of para-hydroxylation sites is 4. The van der Waals surface area contributed by atoms with Gasteiger partial charge in [0.1, 0.15) is 0 Å². The van der Waals surface area contributed by atoms with Crippen LogP contribution in [0.3, 0.4) is 0 Å². The van der Waals surface area contributed by atoms with Gasteiger partial charge in [-0.1, -0.05) is 335 Å². The van der Waals surface area contributed by atoms with E-state index in [2.05, 4.69) is 494 Å². The number of nitrogens with zero attached hydrogens (tertiary/aromatic N) is 4. The van der Waals surface area contributed by atoms with Crippen LogP contribution in [0, 0.1) is 0 Å². The third-order valence-corrected chi connectivity index (χ3v) is 25.9. The van der Waals surface area contributed by atoms with Crippen molar-refractivity contribution in [1.29, 1.82) is 0 Å². The lowest BCUT2D eigenvalue weighted by atomic mass is 9.67. The van der Waals surface area contributed by atoms with E-state index in [1.807, 2.05) is 0 Å². The molecule has 2 aromatic heterocycles. The van der Waals surface area contributed by atoms with Crippen molar-refractivity contribution >= 4 is 77.7 Å². The third kappa shape index (κ3) is 11.9. The van der Waals surface area contributed by atoms with E-state index in [1.54, 1.807) is 0 Å². The van der Waals surface area contributed by atoms with Crippen LogP contribution in [0.15, 0.2) is 461 Å². The van der Waals surface area contributed by atoms with Crippen molar-refractivity contribution in [3.63, 3.8) is 0 Å². The number of rotatable bonds is 16. The Bertz CT molecular complexity index is 7520. The Hall–Kier alpha value is -15.6. The molecule has 0 radical (unpaired) electrons. The summed E-state index contributed by atoms with van der Waals surface area (Å²) < 4.78 is 4.94. The normalized spacial score (nSPS) is 12.8. The lowest BCUT2D eigenvalue weighted by molar-refractivity contribution is 0.660. The molecule has 21 aromatic rings. The van der Waals surface area contributed by atoms with Gasteiger partial charge in [-0.2, -0.15) is 0 Å². The summed E-state index contributed by atoms with van der Waals surface area (Å²) in [4.78, 5) is 4.84. The van der Waals surface area contributed by atoms with Crippen LogP contribution in [-0.2, 0) is 10.8 Å². The van der Waals surface area contributed by atoms with Crippen LogP contribution in [0.4, 0.5) is 34.1 Å². The molecule has 23 rings (SSSR count). The molecule has 0 saturated heterocycles. The maximum Gasteiger partial charge on any atom is 0.0714 e. The molecule has 0 saturated carbocycles. The highest BCUT2D eigenvalue weighted by molar-refractivity contribution is 6.13. The molecule has 574 valence electrons. The van der Waals surface area contributed by atoms with E-state index in [4.69, 9.17) is 0 Å². The molecular formula is C118H82N4. The zero-order valence-corrected chi connectivity index (χ0v) is 67.7. The van der Waals surface area contributed by atoms with E-state index >= 15 is 0 Å². The smallest absolute Gasteiger partial charge is 0.0714 e. The molecule has 0 amide bonds. The summed E-state index contributed by atoms with van der Waals surface area (Å²) in [7, 11) is 0. The average Bonchev–Trinajstić information content (AvgIpc) is 1.52. The largest absolute Gasteiger partial charge is 0.310 e. The van der Waals surface area contributed by atoms with Crippen molar-refractivity contribution in [1.82, 2.24) is 9.13 Å². The van der Waals surface area contributed by atoms with Gasteiger partial charge in [-0.3, -0.25) is 0 Å². The van der Waals surface area contributed by atoms with Crippen LogP contribution in [0.2, 0.25) is 0 Å². The summed E-state index contributed by atoms with van der Waals surface area (Å²) in [5.74, 6) is 0. The Morgan fingerprint density at radius 3 is 1.11 bits per heavy atom. The van der Waals surface area contributed by atoms with E-state index in [1.165, 1.54) is 105 Å². The topological polar surface area (TPSA) is 16.3 Å². The first-order valence-electron chi connectivity index (χ1n) is 42.3. The summed E-state index contributed by atoms with van der Waals surface area (Å²) in [6, 6.07) is 171. The van der Waals surface area contributed by atoms with Crippen molar-refractivity contribution in [3.05, 3.63) is 494 Å². The average molecular weight is 1560 g/mol. The van der Waals surface area contributed by atoms with Crippen LogP contribution in [0.5, 0.6) is 0 Å². The minimum absolute atomic E-state index is 0.0884. The molecule has 0 atom stereocenters. The van der Waals surface area contributed by atoms with Gasteiger partial charge in [0.15, 0.2) is 0 Å². The summed E-state index contributed by atoms with van der Waals surface area (Å²) >= 11 is 0. The molecule has 19 aromatic carbocycles. The minimum Gasteiger partial charge on any atom is -0.310 e. The van der Waals surface area contributed by atoms with E-state index in [0.717, 1.165) is 107 Å². The maximum absolute atomic E-state index is 2.51. The predicted molar refractivity (Wildman–Crippen MR) is 512 cm³/mol. The fourth-order valence-electron chi connectivity index (χ4n) is 20.2. The van der Waals surface area contributed by atoms with Crippen LogP contribution in [-0.4, -0.2) is 9.13 Å². The molecule has 2 aliphatic carbocycles. The highest BCUT2D eigenvalue weighted by Gasteiger charge is 2.47. The molecular weight excluding hydrogens is 1470 g/mol. The lowest BCUT2D eigenvalue weighted by Crippen LogP contribution is -2.28. The zero-order valence-electron chi connectivity index (χ0n) is 67.7. The van der Waals surface area contributed by atoms with Crippen molar-refractivity contribution < 1.29 is 0 Å². The van der Waals surface area contributed by atoms with Gasteiger partial charge in [0.05, 0.1) is 27.5 Å². The second kappa shape index (κ2) is 29.2. The fourth-order valence-corrected chi connectivity index (χ4v) is 20.2. The van der Waals surface area contributed by atoms with Crippen LogP contribution >= 0.6 is 0 Å². The Balaban J connectivity index is 0.605.